The number of aromatic nitrogens is 8. The molecule has 2 bridgehead atoms. The van der Waals surface area contributed by atoms with E-state index >= 15 is 0 Å². The van der Waals surface area contributed by atoms with Gasteiger partial charge < -0.3 is 5.32 Å². The van der Waals surface area contributed by atoms with E-state index in [2.05, 4.69) is 35.8 Å². The number of anilines is 1. The number of hydrogen-bond acceptors (Lipinski definition) is 7. The number of H-pyrrole nitrogens is 1. The van der Waals surface area contributed by atoms with Gasteiger partial charge in [0.1, 0.15) is 0 Å². The minimum atomic E-state index is -4.68. The van der Waals surface area contributed by atoms with Crippen LogP contribution in [0.4, 0.5) is 18.9 Å². The summed E-state index contributed by atoms with van der Waals surface area (Å²) in [4.78, 5) is 35.5. The van der Waals surface area contributed by atoms with Crippen molar-refractivity contribution in [2.75, 3.05) is 5.32 Å². The van der Waals surface area contributed by atoms with Crippen molar-refractivity contribution in [1.82, 2.24) is 39.7 Å². The van der Waals surface area contributed by atoms with Crippen LogP contribution < -0.4 is 10.9 Å². The fraction of sp³-hybridized carbons (Fsp3) is 0.250. The molecule has 220 valence electrons. The van der Waals surface area contributed by atoms with E-state index in [4.69, 9.17) is 11.6 Å². The van der Waals surface area contributed by atoms with Gasteiger partial charge in [-0.15, -0.1) is 5.10 Å². The summed E-state index contributed by atoms with van der Waals surface area (Å²) < 4.78 is 41.9. The standard InChI is InChI=1S/C28H23ClF3N9O2/c1-15-3-2-4-23(20-9-16(7-8-33-20)26-21(12-35-38-26)36-27(15)43)40-14-34-19(11-25(40)42)18-10-17(29)5-6-22(18)41-13-24(37-39-41)28(30,31)32/h5-15,23H,2-4H2,1H3,(H,35,38)(H,36,43)/t15-,23+/m1/s1. The average Bonchev–Trinajstić information content (AvgIpc) is 3.66. The first-order valence-electron chi connectivity index (χ1n) is 13.3. The lowest BCUT2D eigenvalue weighted by Gasteiger charge is -2.22. The number of carbonyl (C=O) groups is 1. The van der Waals surface area contributed by atoms with E-state index in [0.717, 1.165) is 16.4 Å². The number of fused-ring (bicyclic) bond motifs is 4. The third-order valence-corrected chi connectivity index (χ3v) is 7.54. The quantitative estimate of drug-likeness (QED) is 0.283. The molecule has 0 unspecified atom stereocenters. The van der Waals surface area contributed by atoms with E-state index < -0.39 is 23.5 Å². The van der Waals surface area contributed by atoms with Crippen molar-refractivity contribution in [1.29, 1.82) is 0 Å². The highest BCUT2D eigenvalue weighted by molar-refractivity contribution is 6.31. The van der Waals surface area contributed by atoms with Crippen LogP contribution in [0.3, 0.4) is 0 Å². The molecule has 0 spiro atoms. The average molecular weight is 610 g/mol. The predicted octanol–water partition coefficient (Wildman–Crippen LogP) is 5.30. The van der Waals surface area contributed by atoms with Gasteiger partial charge in [-0.05, 0) is 43.2 Å². The minimum absolute atomic E-state index is 0.135. The van der Waals surface area contributed by atoms with Gasteiger partial charge in [-0.3, -0.25) is 24.2 Å². The smallest absolute Gasteiger partial charge is 0.323 e. The number of benzene rings is 1. The Kier molecular flexibility index (Phi) is 7.30. The van der Waals surface area contributed by atoms with E-state index in [1.165, 1.54) is 35.2 Å². The number of pyridine rings is 1. The molecule has 2 atom stereocenters. The number of aromatic amines is 1. The number of alkyl halides is 3. The molecule has 0 aliphatic carbocycles. The molecule has 1 aliphatic heterocycles. The number of amides is 1. The van der Waals surface area contributed by atoms with Crippen LogP contribution in [0.15, 0.2) is 66.1 Å². The normalized spacial score (nSPS) is 17.5. The molecule has 43 heavy (non-hydrogen) atoms. The second-order valence-corrected chi connectivity index (χ2v) is 10.6. The number of hydrogen-bond donors (Lipinski definition) is 2. The fourth-order valence-electron chi connectivity index (χ4n) is 5.04. The van der Waals surface area contributed by atoms with Gasteiger partial charge in [0.25, 0.3) is 5.56 Å². The summed E-state index contributed by atoms with van der Waals surface area (Å²) in [6.45, 7) is 1.84. The summed E-state index contributed by atoms with van der Waals surface area (Å²) in [6, 6.07) is 8.84. The van der Waals surface area contributed by atoms with E-state index in [9.17, 15) is 22.8 Å². The summed E-state index contributed by atoms with van der Waals surface area (Å²) in [5, 5.41) is 17.1. The van der Waals surface area contributed by atoms with E-state index in [1.54, 1.807) is 18.5 Å². The second-order valence-electron chi connectivity index (χ2n) is 10.2. The lowest BCUT2D eigenvalue weighted by atomic mass is 9.97. The summed E-state index contributed by atoms with van der Waals surface area (Å²) in [7, 11) is 0. The molecular weight excluding hydrogens is 587 g/mol. The lowest BCUT2D eigenvalue weighted by Crippen LogP contribution is -2.27. The highest BCUT2D eigenvalue weighted by atomic mass is 35.5. The highest BCUT2D eigenvalue weighted by Gasteiger charge is 2.35. The largest absolute Gasteiger partial charge is 0.436 e. The summed E-state index contributed by atoms with van der Waals surface area (Å²) in [5.74, 6) is -0.424. The Morgan fingerprint density at radius 3 is 2.67 bits per heavy atom. The van der Waals surface area contributed by atoms with Crippen LogP contribution in [0.1, 0.15) is 43.6 Å². The fourth-order valence-corrected chi connectivity index (χ4v) is 5.21. The van der Waals surface area contributed by atoms with Crippen molar-refractivity contribution in [3.63, 3.8) is 0 Å². The Balaban J connectivity index is 1.41. The molecule has 0 saturated heterocycles. The first-order valence-corrected chi connectivity index (χ1v) is 13.6. The zero-order chi connectivity index (χ0) is 30.3. The Morgan fingerprint density at radius 1 is 1.07 bits per heavy atom. The van der Waals surface area contributed by atoms with E-state index in [1.807, 2.05) is 13.0 Å². The number of halogens is 4. The van der Waals surface area contributed by atoms with Crippen molar-refractivity contribution in [3.8, 4) is 28.2 Å². The van der Waals surface area contributed by atoms with Gasteiger partial charge in [0.15, 0.2) is 5.69 Å². The first kappa shape index (κ1) is 28.3. The van der Waals surface area contributed by atoms with E-state index in [0.29, 0.717) is 41.9 Å². The third-order valence-electron chi connectivity index (χ3n) is 7.31. The monoisotopic (exact) mass is 609 g/mol. The summed E-state index contributed by atoms with van der Waals surface area (Å²) in [5.41, 5.74) is 1.60. The Labute approximate surface area is 246 Å². The van der Waals surface area contributed by atoms with Crippen molar-refractivity contribution in [2.24, 2.45) is 5.92 Å². The molecule has 0 radical (unpaired) electrons. The van der Waals surface area contributed by atoms with Gasteiger partial charge in [0, 0.05) is 34.3 Å². The maximum atomic E-state index is 13.6. The van der Waals surface area contributed by atoms with Crippen LogP contribution in [0, 0.1) is 5.92 Å². The van der Waals surface area contributed by atoms with Crippen molar-refractivity contribution in [3.05, 3.63) is 88.1 Å². The summed E-state index contributed by atoms with van der Waals surface area (Å²) >= 11 is 6.22. The molecule has 2 N–H and O–H groups in total. The van der Waals surface area contributed by atoms with Crippen LogP contribution in [0.25, 0.3) is 28.2 Å². The van der Waals surface area contributed by atoms with Gasteiger partial charge in [-0.1, -0.05) is 30.2 Å². The van der Waals surface area contributed by atoms with Crippen LogP contribution in [-0.4, -0.2) is 45.6 Å². The highest BCUT2D eigenvalue weighted by Crippen LogP contribution is 2.33. The summed E-state index contributed by atoms with van der Waals surface area (Å²) in [6.07, 6.45) is 2.30. The molecule has 0 fully saturated rings. The van der Waals surface area contributed by atoms with Crippen LogP contribution in [0.5, 0.6) is 0 Å². The molecule has 15 heteroatoms. The molecule has 1 aromatic carbocycles. The van der Waals surface area contributed by atoms with Crippen LogP contribution >= 0.6 is 11.6 Å². The van der Waals surface area contributed by atoms with Gasteiger partial charge in [-0.25, -0.2) is 9.67 Å². The topological polar surface area (TPSA) is 136 Å². The zero-order valence-corrected chi connectivity index (χ0v) is 23.3. The predicted molar refractivity (Wildman–Crippen MR) is 150 cm³/mol. The minimum Gasteiger partial charge on any atom is -0.323 e. The number of nitrogens with zero attached hydrogens (tertiary/aromatic N) is 7. The van der Waals surface area contributed by atoms with Crippen LogP contribution in [0.2, 0.25) is 5.02 Å². The molecule has 0 saturated carbocycles. The van der Waals surface area contributed by atoms with Gasteiger partial charge in [0.2, 0.25) is 5.91 Å². The molecule has 1 aliphatic rings. The molecule has 5 aromatic rings. The number of nitrogens with one attached hydrogen (secondary N) is 2. The van der Waals surface area contributed by atoms with Gasteiger partial charge >= 0.3 is 6.18 Å². The Bertz CT molecular complexity index is 1880. The SMILES string of the molecule is C[C@@H]1CCC[C@H](n2cnc(-c3cc(Cl)ccc3-n3cc(C(F)(F)F)nn3)cc2=O)c2cc(ccn2)-c2[nH]ncc2NC1=O. The number of carbonyl (C=O) groups excluding carboxylic acids is 1. The maximum Gasteiger partial charge on any atom is 0.436 e. The van der Waals surface area contributed by atoms with Crippen molar-refractivity contribution < 1.29 is 18.0 Å². The first-order chi connectivity index (χ1) is 20.6. The van der Waals surface area contributed by atoms with Gasteiger partial charge in [0.05, 0.1) is 53.2 Å². The molecule has 11 nitrogen and oxygen atoms in total. The Morgan fingerprint density at radius 2 is 1.91 bits per heavy atom. The van der Waals surface area contributed by atoms with Crippen LogP contribution in [-0.2, 0) is 11.0 Å². The maximum absolute atomic E-state index is 13.6. The zero-order valence-electron chi connectivity index (χ0n) is 22.5. The third kappa shape index (κ3) is 5.65. The molecule has 6 rings (SSSR count). The van der Waals surface area contributed by atoms with E-state index in [-0.39, 0.29) is 28.2 Å². The van der Waals surface area contributed by atoms with Gasteiger partial charge in [-0.2, -0.15) is 18.3 Å². The molecule has 1 amide bonds. The van der Waals surface area contributed by atoms with Crippen molar-refractivity contribution in [2.45, 2.75) is 38.4 Å². The van der Waals surface area contributed by atoms with Crippen molar-refractivity contribution >= 4 is 23.2 Å². The second kappa shape index (κ2) is 11.1. The lowest BCUT2D eigenvalue weighted by molar-refractivity contribution is -0.141. The Hall–Kier alpha value is -4.85. The molecule has 5 heterocycles. The molecular formula is C28H23ClF3N9O2. The number of rotatable bonds is 3. The molecule has 4 aromatic heterocycles.